The van der Waals surface area contributed by atoms with Crippen molar-refractivity contribution in [2.75, 3.05) is 0 Å². The fourth-order valence-corrected chi connectivity index (χ4v) is 1.54. The van der Waals surface area contributed by atoms with Gasteiger partial charge in [-0.05, 0) is 12.8 Å². The van der Waals surface area contributed by atoms with Crippen LogP contribution in [0.5, 0.6) is 0 Å². The molecule has 1 fully saturated rings. The number of ketones is 1. The van der Waals surface area contributed by atoms with Crippen LogP contribution in [0.4, 0.5) is 0 Å². The molecule has 0 spiro atoms. The van der Waals surface area contributed by atoms with Crippen molar-refractivity contribution >= 4 is 5.78 Å². The van der Waals surface area contributed by atoms with E-state index >= 15 is 0 Å². The molecular weight excluding hydrogens is 172 g/mol. The molecule has 0 heterocycles. The lowest BCUT2D eigenvalue weighted by atomic mass is 9.96. The standard InChI is InChI=1S/C8H13NO3.H3N/c10-8-6-4-2-1-3-5-7(8)9(11)12;/h7H,1-6H2;1H3. The summed E-state index contributed by atoms with van der Waals surface area (Å²) in [7, 11) is 0. The Morgan fingerprint density at radius 3 is 2.46 bits per heavy atom. The normalized spacial score (nSPS) is 24.0. The van der Waals surface area contributed by atoms with Crippen LogP contribution in [-0.2, 0) is 4.79 Å². The van der Waals surface area contributed by atoms with E-state index in [0.29, 0.717) is 12.8 Å². The molecule has 0 aliphatic heterocycles. The third-order valence-corrected chi connectivity index (χ3v) is 2.28. The van der Waals surface area contributed by atoms with E-state index in [0.717, 1.165) is 25.7 Å². The van der Waals surface area contributed by atoms with Gasteiger partial charge in [0, 0.05) is 17.8 Å². The van der Waals surface area contributed by atoms with Crippen molar-refractivity contribution in [1.82, 2.24) is 6.15 Å². The molecule has 0 aromatic carbocycles. The largest absolute Gasteiger partial charge is 0.344 e. The number of carbonyl (C=O) groups is 1. The number of hydrogen-bond acceptors (Lipinski definition) is 4. The Hall–Kier alpha value is -0.970. The highest BCUT2D eigenvalue weighted by Gasteiger charge is 2.28. The van der Waals surface area contributed by atoms with Crippen molar-refractivity contribution in [3.63, 3.8) is 0 Å². The number of carbonyl (C=O) groups excluding carboxylic acids is 1. The van der Waals surface area contributed by atoms with E-state index in [1.165, 1.54) is 0 Å². The van der Waals surface area contributed by atoms with E-state index in [-0.39, 0.29) is 11.9 Å². The third kappa shape index (κ3) is 3.50. The summed E-state index contributed by atoms with van der Waals surface area (Å²) < 4.78 is 0. The van der Waals surface area contributed by atoms with E-state index in [9.17, 15) is 14.9 Å². The van der Waals surface area contributed by atoms with Gasteiger partial charge in [-0.3, -0.25) is 14.9 Å². The van der Waals surface area contributed by atoms with Gasteiger partial charge in [-0.25, -0.2) is 0 Å². The van der Waals surface area contributed by atoms with Gasteiger partial charge < -0.3 is 6.15 Å². The molecule has 1 atom stereocenters. The molecule has 0 aromatic heterocycles. The number of rotatable bonds is 1. The first-order chi connectivity index (χ1) is 5.72. The predicted molar refractivity (Wildman–Crippen MR) is 48.5 cm³/mol. The summed E-state index contributed by atoms with van der Waals surface area (Å²) in [6.45, 7) is 0. The van der Waals surface area contributed by atoms with Crippen LogP contribution < -0.4 is 6.15 Å². The molecule has 0 amide bonds. The highest BCUT2D eigenvalue weighted by atomic mass is 16.6. The Labute approximate surface area is 77.2 Å². The van der Waals surface area contributed by atoms with Crippen LogP contribution in [0.1, 0.15) is 38.5 Å². The molecule has 0 radical (unpaired) electrons. The first-order valence-electron chi connectivity index (χ1n) is 4.38. The first kappa shape index (κ1) is 12.0. The molecular formula is C8H16N2O3. The Morgan fingerprint density at radius 1 is 1.23 bits per heavy atom. The quantitative estimate of drug-likeness (QED) is 0.500. The maximum atomic E-state index is 11.2. The summed E-state index contributed by atoms with van der Waals surface area (Å²) in [5.74, 6) is -0.181. The zero-order chi connectivity index (χ0) is 8.97. The van der Waals surface area contributed by atoms with E-state index in [1.54, 1.807) is 0 Å². The van der Waals surface area contributed by atoms with Crippen LogP contribution in [0.25, 0.3) is 0 Å². The average molecular weight is 188 g/mol. The highest BCUT2D eigenvalue weighted by Crippen LogP contribution is 2.16. The molecule has 1 aliphatic carbocycles. The van der Waals surface area contributed by atoms with Gasteiger partial charge in [0.2, 0.25) is 5.78 Å². The van der Waals surface area contributed by atoms with Crippen LogP contribution >= 0.6 is 0 Å². The van der Waals surface area contributed by atoms with Crippen molar-refractivity contribution in [2.45, 2.75) is 44.6 Å². The van der Waals surface area contributed by atoms with Gasteiger partial charge in [-0.15, -0.1) is 0 Å². The molecule has 1 rings (SSSR count). The SMILES string of the molecule is N.O=C1CCCCCCC1[N+](=O)[O-]. The average Bonchev–Trinajstić information content (AvgIpc) is 1.96. The van der Waals surface area contributed by atoms with Crippen molar-refractivity contribution in [3.05, 3.63) is 10.1 Å². The Morgan fingerprint density at radius 2 is 1.85 bits per heavy atom. The van der Waals surface area contributed by atoms with E-state index < -0.39 is 11.0 Å². The smallest absolute Gasteiger partial charge is 0.270 e. The monoisotopic (exact) mass is 188 g/mol. The van der Waals surface area contributed by atoms with Crippen LogP contribution in [-0.4, -0.2) is 16.7 Å². The molecule has 13 heavy (non-hydrogen) atoms. The number of nitrogens with zero attached hydrogens (tertiary/aromatic N) is 1. The Kier molecular flexibility index (Phi) is 5.22. The minimum Gasteiger partial charge on any atom is -0.344 e. The minimum absolute atomic E-state index is 0. The molecule has 3 N–H and O–H groups in total. The van der Waals surface area contributed by atoms with Crippen molar-refractivity contribution < 1.29 is 9.72 Å². The maximum Gasteiger partial charge on any atom is 0.270 e. The summed E-state index contributed by atoms with van der Waals surface area (Å²) in [5, 5.41) is 10.4. The summed E-state index contributed by atoms with van der Waals surface area (Å²) in [5.41, 5.74) is 0. The van der Waals surface area contributed by atoms with Crippen LogP contribution in [0, 0.1) is 10.1 Å². The second-order valence-electron chi connectivity index (χ2n) is 3.22. The predicted octanol–water partition coefficient (Wildman–Crippen LogP) is 1.72. The van der Waals surface area contributed by atoms with Crippen molar-refractivity contribution in [3.8, 4) is 0 Å². The Bertz CT molecular complexity index is 194. The molecule has 1 unspecified atom stereocenters. The fraction of sp³-hybridized carbons (Fsp3) is 0.875. The Balaban J connectivity index is 0.00000144. The lowest BCUT2D eigenvalue weighted by Crippen LogP contribution is -2.30. The molecule has 0 aromatic rings. The van der Waals surface area contributed by atoms with E-state index in [2.05, 4.69) is 0 Å². The molecule has 1 saturated carbocycles. The van der Waals surface area contributed by atoms with Gasteiger partial charge in [-0.1, -0.05) is 12.8 Å². The second kappa shape index (κ2) is 5.64. The van der Waals surface area contributed by atoms with Gasteiger partial charge in [-0.2, -0.15) is 0 Å². The zero-order valence-corrected chi connectivity index (χ0v) is 7.70. The highest BCUT2D eigenvalue weighted by molar-refractivity contribution is 5.82. The summed E-state index contributed by atoms with van der Waals surface area (Å²) in [6.07, 6.45) is 4.53. The van der Waals surface area contributed by atoms with Crippen molar-refractivity contribution in [1.29, 1.82) is 0 Å². The van der Waals surface area contributed by atoms with Crippen molar-refractivity contribution in [2.24, 2.45) is 0 Å². The van der Waals surface area contributed by atoms with Gasteiger partial charge in [0.15, 0.2) is 0 Å². The van der Waals surface area contributed by atoms with Crippen LogP contribution in [0.2, 0.25) is 0 Å². The maximum absolute atomic E-state index is 11.2. The van der Waals surface area contributed by atoms with Gasteiger partial charge >= 0.3 is 0 Å². The fourth-order valence-electron chi connectivity index (χ4n) is 1.54. The zero-order valence-electron chi connectivity index (χ0n) is 7.70. The van der Waals surface area contributed by atoms with Crippen LogP contribution in [0.15, 0.2) is 0 Å². The van der Waals surface area contributed by atoms with Gasteiger partial charge in [0.1, 0.15) is 0 Å². The molecule has 5 nitrogen and oxygen atoms in total. The van der Waals surface area contributed by atoms with E-state index in [4.69, 9.17) is 0 Å². The lowest BCUT2D eigenvalue weighted by molar-refractivity contribution is -0.508. The van der Waals surface area contributed by atoms with E-state index in [1.807, 2.05) is 0 Å². The number of nitro groups is 1. The molecule has 1 aliphatic rings. The lowest BCUT2D eigenvalue weighted by Gasteiger charge is -2.11. The molecule has 5 heteroatoms. The summed E-state index contributed by atoms with van der Waals surface area (Å²) in [4.78, 5) is 21.1. The van der Waals surface area contributed by atoms with Crippen LogP contribution in [0.3, 0.4) is 0 Å². The molecule has 76 valence electrons. The second-order valence-corrected chi connectivity index (χ2v) is 3.22. The number of hydrogen-bond donors (Lipinski definition) is 1. The summed E-state index contributed by atoms with van der Waals surface area (Å²) in [6, 6.07) is -0.912. The summed E-state index contributed by atoms with van der Waals surface area (Å²) >= 11 is 0. The third-order valence-electron chi connectivity index (χ3n) is 2.28. The topological polar surface area (TPSA) is 95.2 Å². The minimum atomic E-state index is -0.912. The van der Waals surface area contributed by atoms with Gasteiger partial charge in [0.05, 0.1) is 0 Å². The first-order valence-corrected chi connectivity index (χ1v) is 4.38. The number of Topliss-reactive ketones (excluding diaryl/α,β-unsaturated/α-hetero) is 1. The molecule has 0 saturated heterocycles. The molecule has 0 bridgehead atoms. The van der Waals surface area contributed by atoms with Gasteiger partial charge in [0.25, 0.3) is 6.04 Å².